The summed E-state index contributed by atoms with van der Waals surface area (Å²) in [7, 11) is 1.25. The second kappa shape index (κ2) is 6.25. The van der Waals surface area contributed by atoms with Crippen molar-refractivity contribution in [2.24, 2.45) is 0 Å². The zero-order valence-corrected chi connectivity index (χ0v) is 10.5. The van der Waals surface area contributed by atoms with Gasteiger partial charge in [0.15, 0.2) is 0 Å². The number of aryl methyl sites for hydroxylation is 1. The maximum absolute atomic E-state index is 11.8. The number of methoxy groups -OCH3 is 1. The summed E-state index contributed by atoms with van der Waals surface area (Å²) >= 11 is 5.71. The minimum absolute atomic E-state index is 0.0431. The Morgan fingerprint density at radius 2 is 2.06 bits per heavy atom. The van der Waals surface area contributed by atoms with E-state index in [2.05, 4.69) is 10.1 Å². The van der Waals surface area contributed by atoms with Gasteiger partial charge in [0, 0.05) is 12.1 Å². The largest absolute Gasteiger partial charge is 0.468 e. The van der Waals surface area contributed by atoms with Crippen LogP contribution in [0.15, 0.2) is 24.3 Å². The van der Waals surface area contributed by atoms with Gasteiger partial charge in [0.25, 0.3) is 5.91 Å². The summed E-state index contributed by atoms with van der Waals surface area (Å²) in [6.45, 7) is 1.88. The smallest absolute Gasteiger partial charge is 0.325 e. The third-order valence-corrected chi connectivity index (χ3v) is 2.62. The lowest BCUT2D eigenvalue weighted by Crippen LogP contribution is -2.34. The Bertz CT molecular complexity index is 420. The SMILES string of the molecule is COC(=O)C(Cl)CNC(=O)c1ccccc1C. The average Bonchev–Trinajstić information content (AvgIpc) is 2.35. The van der Waals surface area contributed by atoms with Crippen molar-refractivity contribution in [2.45, 2.75) is 12.3 Å². The van der Waals surface area contributed by atoms with Gasteiger partial charge in [0.2, 0.25) is 0 Å². The zero-order valence-electron chi connectivity index (χ0n) is 9.70. The second-order valence-corrected chi connectivity index (χ2v) is 4.04. The molecule has 1 aromatic rings. The minimum Gasteiger partial charge on any atom is -0.468 e. The van der Waals surface area contributed by atoms with Crippen LogP contribution in [0.5, 0.6) is 0 Å². The van der Waals surface area contributed by atoms with E-state index in [0.29, 0.717) is 5.56 Å². The average molecular weight is 256 g/mol. The van der Waals surface area contributed by atoms with E-state index >= 15 is 0 Å². The fraction of sp³-hybridized carbons (Fsp3) is 0.333. The molecule has 0 fully saturated rings. The predicted octanol–water partition coefficient (Wildman–Crippen LogP) is 1.51. The first-order valence-corrected chi connectivity index (χ1v) is 5.55. The molecule has 1 aromatic carbocycles. The first-order chi connectivity index (χ1) is 8.06. The van der Waals surface area contributed by atoms with E-state index in [-0.39, 0.29) is 12.5 Å². The molecule has 1 atom stereocenters. The summed E-state index contributed by atoms with van der Waals surface area (Å²) < 4.78 is 4.45. The highest BCUT2D eigenvalue weighted by Gasteiger charge is 2.17. The summed E-state index contributed by atoms with van der Waals surface area (Å²) in [5.74, 6) is -0.811. The van der Waals surface area contributed by atoms with E-state index in [1.54, 1.807) is 12.1 Å². The molecule has 4 nitrogen and oxygen atoms in total. The highest BCUT2D eigenvalue weighted by molar-refractivity contribution is 6.30. The van der Waals surface area contributed by atoms with Crippen molar-refractivity contribution >= 4 is 23.5 Å². The molecule has 1 amide bonds. The number of carbonyl (C=O) groups is 2. The topological polar surface area (TPSA) is 55.4 Å². The maximum Gasteiger partial charge on any atom is 0.325 e. The fourth-order valence-corrected chi connectivity index (χ4v) is 1.48. The molecule has 17 heavy (non-hydrogen) atoms. The summed E-state index contributed by atoms with van der Waals surface area (Å²) in [4.78, 5) is 22.8. The number of hydrogen-bond acceptors (Lipinski definition) is 3. The Kier molecular flexibility index (Phi) is 4.97. The Balaban J connectivity index is 2.57. The van der Waals surface area contributed by atoms with Crippen LogP contribution in [0.4, 0.5) is 0 Å². The molecule has 92 valence electrons. The van der Waals surface area contributed by atoms with Crippen molar-refractivity contribution in [2.75, 3.05) is 13.7 Å². The molecular formula is C12H14ClNO3. The maximum atomic E-state index is 11.8. The molecule has 0 aliphatic heterocycles. The van der Waals surface area contributed by atoms with Crippen LogP contribution in [-0.4, -0.2) is 30.9 Å². The quantitative estimate of drug-likeness (QED) is 0.655. The van der Waals surface area contributed by atoms with Crippen molar-refractivity contribution in [3.05, 3.63) is 35.4 Å². The molecule has 0 aromatic heterocycles. The van der Waals surface area contributed by atoms with Crippen LogP contribution in [0.2, 0.25) is 0 Å². The van der Waals surface area contributed by atoms with Crippen molar-refractivity contribution in [3.8, 4) is 0 Å². The molecule has 0 radical (unpaired) electrons. The van der Waals surface area contributed by atoms with Crippen LogP contribution in [-0.2, 0) is 9.53 Å². The van der Waals surface area contributed by atoms with Gasteiger partial charge in [-0.05, 0) is 18.6 Å². The molecule has 1 unspecified atom stereocenters. The fourth-order valence-electron chi connectivity index (χ4n) is 1.32. The van der Waals surface area contributed by atoms with Crippen LogP contribution in [0.1, 0.15) is 15.9 Å². The van der Waals surface area contributed by atoms with E-state index < -0.39 is 11.3 Å². The first kappa shape index (κ1) is 13.5. The molecule has 0 saturated carbocycles. The predicted molar refractivity (Wildman–Crippen MR) is 65.2 cm³/mol. The van der Waals surface area contributed by atoms with E-state index in [4.69, 9.17) is 11.6 Å². The van der Waals surface area contributed by atoms with Gasteiger partial charge in [0.05, 0.1) is 7.11 Å². The Hall–Kier alpha value is -1.55. The van der Waals surface area contributed by atoms with Gasteiger partial charge < -0.3 is 10.1 Å². The van der Waals surface area contributed by atoms with E-state index in [1.165, 1.54) is 7.11 Å². The third kappa shape index (κ3) is 3.75. The lowest BCUT2D eigenvalue weighted by molar-refractivity contribution is -0.140. The number of halogens is 1. The summed E-state index contributed by atoms with van der Waals surface area (Å²) in [6.07, 6.45) is 0. The van der Waals surface area contributed by atoms with Crippen LogP contribution >= 0.6 is 11.6 Å². The number of rotatable bonds is 4. The first-order valence-electron chi connectivity index (χ1n) is 5.12. The molecule has 0 aliphatic rings. The van der Waals surface area contributed by atoms with Crippen LogP contribution in [0, 0.1) is 6.92 Å². The van der Waals surface area contributed by atoms with Crippen LogP contribution in [0.25, 0.3) is 0 Å². The number of hydrogen-bond donors (Lipinski definition) is 1. The van der Waals surface area contributed by atoms with Crippen LogP contribution in [0.3, 0.4) is 0 Å². The standard InChI is InChI=1S/C12H14ClNO3/c1-8-5-3-4-6-9(8)11(15)14-7-10(13)12(16)17-2/h3-6,10H,7H2,1-2H3,(H,14,15). The molecule has 0 bridgehead atoms. The number of amides is 1. The van der Waals surface area contributed by atoms with Crippen molar-refractivity contribution in [1.82, 2.24) is 5.32 Å². The van der Waals surface area contributed by atoms with Gasteiger partial charge >= 0.3 is 5.97 Å². The highest BCUT2D eigenvalue weighted by atomic mass is 35.5. The second-order valence-electron chi connectivity index (χ2n) is 3.52. The number of benzene rings is 1. The number of esters is 1. The lowest BCUT2D eigenvalue weighted by Gasteiger charge is -2.10. The normalized spacial score (nSPS) is 11.7. The van der Waals surface area contributed by atoms with Gasteiger partial charge in [0.1, 0.15) is 5.38 Å². The molecular weight excluding hydrogens is 242 g/mol. The monoisotopic (exact) mass is 255 g/mol. The summed E-state index contributed by atoms with van der Waals surface area (Å²) in [5, 5.41) is 1.72. The molecule has 1 N–H and O–H groups in total. The molecule has 1 rings (SSSR count). The number of ether oxygens (including phenoxy) is 1. The number of alkyl halides is 1. The third-order valence-electron chi connectivity index (χ3n) is 2.29. The Labute approximate surface area is 105 Å². The number of nitrogens with one attached hydrogen (secondary N) is 1. The molecule has 0 heterocycles. The highest BCUT2D eigenvalue weighted by Crippen LogP contribution is 2.06. The van der Waals surface area contributed by atoms with E-state index in [9.17, 15) is 9.59 Å². The van der Waals surface area contributed by atoms with E-state index in [1.807, 2.05) is 19.1 Å². The summed E-state index contributed by atoms with van der Waals surface area (Å²) in [5.41, 5.74) is 1.44. The Morgan fingerprint density at radius 3 is 2.65 bits per heavy atom. The van der Waals surface area contributed by atoms with Gasteiger partial charge in [-0.2, -0.15) is 0 Å². The summed E-state index contributed by atoms with van der Waals surface area (Å²) in [6, 6.07) is 7.19. The molecule has 0 aliphatic carbocycles. The molecule has 0 spiro atoms. The van der Waals surface area contributed by atoms with Gasteiger partial charge in [-0.1, -0.05) is 18.2 Å². The van der Waals surface area contributed by atoms with Gasteiger partial charge in [-0.25, -0.2) is 0 Å². The van der Waals surface area contributed by atoms with Gasteiger partial charge in [-0.15, -0.1) is 11.6 Å². The minimum atomic E-state index is -0.868. The van der Waals surface area contributed by atoms with Crippen molar-refractivity contribution in [3.63, 3.8) is 0 Å². The Morgan fingerprint density at radius 1 is 1.41 bits per heavy atom. The van der Waals surface area contributed by atoms with E-state index in [0.717, 1.165) is 5.56 Å². The van der Waals surface area contributed by atoms with Crippen LogP contribution < -0.4 is 5.32 Å². The lowest BCUT2D eigenvalue weighted by atomic mass is 10.1. The van der Waals surface area contributed by atoms with Crippen molar-refractivity contribution in [1.29, 1.82) is 0 Å². The molecule has 5 heteroatoms. The molecule has 0 saturated heterocycles. The van der Waals surface area contributed by atoms with Crippen molar-refractivity contribution < 1.29 is 14.3 Å². The number of carbonyl (C=O) groups excluding carboxylic acids is 2. The zero-order chi connectivity index (χ0) is 12.8. The van der Waals surface area contributed by atoms with Gasteiger partial charge in [-0.3, -0.25) is 9.59 Å².